The van der Waals surface area contributed by atoms with E-state index in [2.05, 4.69) is 30.7 Å². The van der Waals surface area contributed by atoms with Gasteiger partial charge in [0, 0.05) is 19.6 Å². The van der Waals surface area contributed by atoms with E-state index < -0.39 is 0 Å². The minimum atomic E-state index is 0.646. The Morgan fingerprint density at radius 1 is 1.20 bits per heavy atom. The molecule has 0 saturated carbocycles. The predicted molar refractivity (Wildman–Crippen MR) is 65.1 cm³/mol. The van der Waals surface area contributed by atoms with E-state index in [0.717, 1.165) is 5.92 Å². The lowest BCUT2D eigenvalue weighted by Crippen LogP contribution is -2.51. The van der Waals surface area contributed by atoms with E-state index in [1.165, 1.54) is 52.0 Å². The van der Waals surface area contributed by atoms with Gasteiger partial charge in [-0.2, -0.15) is 0 Å². The lowest BCUT2D eigenvalue weighted by Gasteiger charge is -2.43. The van der Waals surface area contributed by atoms with Crippen molar-refractivity contribution in [2.24, 2.45) is 11.3 Å². The number of rotatable bonds is 3. The lowest BCUT2D eigenvalue weighted by atomic mass is 9.78. The van der Waals surface area contributed by atoms with E-state index >= 15 is 0 Å². The maximum Gasteiger partial charge on any atom is 0.00342 e. The number of hydrogen-bond acceptors (Lipinski definition) is 2. The molecule has 0 N–H and O–H groups in total. The third kappa shape index (κ3) is 2.73. The molecular weight excluding hydrogens is 184 g/mol. The zero-order valence-electron chi connectivity index (χ0n) is 10.6. The van der Waals surface area contributed by atoms with E-state index in [1.54, 1.807) is 0 Å². The van der Waals surface area contributed by atoms with Gasteiger partial charge < -0.3 is 9.80 Å². The van der Waals surface area contributed by atoms with Crippen LogP contribution in [0, 0.1) is 11.3 Å². The highest BCUT2D eigenvalue weighted by Gasteiger charge is 2.31. The van der Waals surface area contributed by atoms with Gasteiger partial charge >= 0.3 is 0 Å². The first-order valence-electron chi connectivity index (χ1n) is 6.52. The molecule has 2 saturated heterocycles. The number of hydrogen-bond donors (Lipinski definition) is 0. The summed E-state index contributed by atoms with van der Waals surface area (Å²) in [5.41, 5.74) is 0.646. The third-order valence-corrected chi connectivity index (χ3v) is 4.57. The summed E-state index contributed by atoms with van der Waals surface area (Å²) in [6, 6.07) is 0. The van der Waals surface area contributed by atoms with E-state index in [9.17, 15) is 0 Å². The first-order valence-corrected chi connectivity index (χ1v) is 6.52. The van der Waals surface area contributed by atoms with Crippen molar-refractivity contribution in [1.29, 1.82) is 0 Å². The molecule has 0 aliphatic carbocycles. The van der Waals surface area contributed by atoms with Crippen LogP contribution >= 0.6 is 0 Å². The molecule has 0 aromatic rings. The smallest absolute Gasteiger partial charge is 0.00342 e. The molecule has 2 rings (SSSR count). The van der Waals surface area contributed by atoms with Crippen LogP contribution in [-0.4, -0.2) is 49.6 Å². The van der Waals surface area contributed by atoms with Crippen molar-refractivity contribution >= 4 is 0 Å². The molecule has 0 unspecified atom stereocenters. The van der Waals surface area contributed by atoms with Gasteiger partial charge in [0.1, 0.15) is 0 Å². The fraction of sp³-hybridized carbons (Fsp3) is 1.00. The van der Waals surface area contributed by atoms with Crippen molar-refractivity contribution in [3.8, 4) is 0 Å². The van der Waals surface area contributed by atoms with Gasteiger partial charge in [0.05, 0.1) is 0 Å². The van der Waals surface area contributed by atoms with Crippen molar-refractivity contribution < 1.29 is 0 Å². The fourth-order valence-electron chi connectivity index (χ4n) is 2.94. The highest BCUT2D eigenvalue weighted by molar-refractivity contribution is 4.85. The third-order valence-electron chi connectivity index (χ3n) is 4.57. The minimum absolute atomic E-state index is 0.646. The normalized spacial score (nSPS) is 29.0. The standard InChI is InChI=1S/C13H26N2/c1-4-13(2)5-7-15(8-6-13)11-12-9-14(3)10-12/h12H,4-11H2,1-3H3. The average Bonchev–Trinajstić information content (AvgIpc) is 2.19. The van der Waals surface area contributed by atoms with Crippen LogP contribution in [0.4, 0.5) is 0 Å². The van der Waals surface area contributed by atoms with E-state index in [4.69, 9.17) is 0 Å². The summed E-state index contributed by atoms with van der Waals surface area (Å²) in [6.07, 6.45) is 4.17. The summed E-state index contributed by atoms with van der Waals surface area (Å²) in [7, 11) is 2.22. The molecule has 2 heteroatoms. The zero-order chi connectivity index (χ0) is 10.9. The monoisotopic (exact) mass is 210 g/mol. The van der Waals surface area contributed by atoms with Crippen molar-refractivity contribution in [3.05, 3.63) is 0 Å². The molecule has 2 fully saturated rings. The van der Waals surface area contributed by atoms with E-state index in [1.807, 2.05) is 0 Å². The lowest BCUT2D eigenvalue weighted by molar-refractivity contribution is 0.0540. The first kappa shape index (κ1) is 11.4. The fourth-order valence-corrected chi connectivity index (χ4v) is 2.94. The summed E-state index contributed by atoms with van der Waals surface area (Å²) in [5.74, 6) is 0.959. The number of nitrogens with zero attached hydrogens (tertiary/aromatic N) is 2. The van der Waals surface area contributed by atoms with Crippen LogP contribution in [0.1, 0.15) is 33.1 Å². The summed E-state index contributed by atoms with van der Waals surface area (Å²) < 4.78 is 0. The molecule has 0 radical (unpaired) electrons. The highest BCUT2D eigenvalue weighted by atomic mass is 15.2. The Labute approximate surface area is 94.6 Å². The van der Waals surface area contributed by atoms with Gasteiger partial charge in [-0.1, -0.05) is 20.3 Å². The number of likely N-dealkylation sites (tertiary alicyclic amines) is 2. The van der Waals surface area contributed by atoms with Crippen molar-refractivity contribution in [1.82, 2.24) is 9.80 Å². The molecule has 0 bridgehead atoms. The Kier molecular flexibility index (Phi) is 3.36. The predicted octanol–water partition coefficient (Wildman–Crippen LogP) is 2.06. The molecule has 2 heterocycles. The summed E-state index contributed by atoms with van der Waals surface area (Å²) in [4.78, 5) is 5.11. The Hall–Kier alpha value is -0.0800. The molecule has 0 aromatic carbocycles. The van der Waals surface area contributed by atoms with Crippen LogP contribution in [0.2, 0.25) is 0 Å². The topological polar surface area (TPSA) is 6.48 Å². The molecule has 2 aliphatic heterocycles. The van der Waals surface area contributed by atoms with Crippen molar-refractivity contribution in [3.63, 3.8) is 0 Å². The molecule has 0 aromatic heterocycles. The minimum Gasteiger partial charge on any atom is -0.306 e. The van der Waals surface area contributed by atoms with Gasteiger partial charge in [0.25, 0.3) is 0 Å². The molecule has 0 amide bonds. The Bertz CT molecular complexity index is 201. The maximum atomic E-state index is 2.69. The first-order chi connectivity index (χ1) is 7.11. The quantitative estimate of drug-likeness (QED) is 0.703. The average molecular weight is 210 g/mol. The molecule has 0 atom stereocenters. The number of piperidine rings is 1. The Morgan fingerprint density at radius 3 is 2.27 bits per heavy atom. The van der Waals surface area contributed by atoms with Gasteiger partial charge in [-0.25, -0.2) is 0 Å². The van der Waals surface area contributed by atoms with Gasteiger partial charge in [-0.05, 0) is 44.3 Å². The second-order valence-electron chi connectivity index (χ2n) is 6.05. The van der Waals surface area contributed by atoms with Crippen molar-refractivity contribution in [2.45, 2.75) is 33.1 Å². The van der Waals surface area contributed by atoms with Crippen LogP contribution in [0.5, 0.6) is 0 Å². The van der Waals surface area contributed by atoms with E-state index in [0.29, 0.717) is 5.41 Å². The van der Waals surface area contributed by atoms with Crippen LogP contribution < -0.4 is 0 Å². The second kappa shape index (κ2) is 4.42. The van der Waals surface area contributed by atoms with E-state index in [-0.39, 0.29) is 0 Å². The molecular formula is C13H26N2. The van der Waals surface area contributed by atoms with Crippen LogP contribution in [0.3, 0.4) is 0 Å². The summed E-state index contributed by atoms with van der Waals surface area (Å²) >= 11 is 0. The molecule has 88 valence electrons. The van der Waals surface area contributed by atoms with Gasteiger partial charge in [0.15, 0.2) is 0 Å². The van der Waals surface area contributed by atoms with Crippen LogP contribution in [0.25, 0.3) is 0 Å². The van der Waals surface area contributed by atoms with Gasteiger partial charge in [0.2, 0.25) is 0 Å². The van der Waals surface area contributed by atoms with Gasteiger partial charge in [-0.3, -0.25) is 0 Å². The highest BCUT2D eigenvalue weighted by Crippen LogP contribution is 2.34. The molecule has 2 aliphatic rings. The summed E-state index contributed by atoms with van der Waals surface area (Å²) in [6.45, 7) is 11.5. The maximum absolute atomic E-state index is 2.69. The van der Waals surface area contributed by atoms with Crippen LogP contribution in [0.15, 0.2) is 0 Å². The van der Waals surface area contributed by atoms with Gasteiger partial charge in [-0.15, -0.1) is 0 Å². The molecule has 15 heavy (non-hydrogen) atoms. The summed E-state index contributed by atoms with van der Waals surface area (Å²) in [5, 5.41) is 0. The zero-order valence-corrected chi connectivity index (χ0v) is 10.6. The Morgan fingerprint density at radius 2 is 1.80 bits per heavy atom. The van der Waals surface area contributed by atoms with Crippen LogP contribution in [-0.2, 0) is 0 Å². The SMILES string of the molecule is CCC1(C)CCN(CC2CN(C)C2)CC1. The Balaban J connectivity index is 1.70. The largest absolute Gasteiger partial charge is 0.306 e. The second-order valence-corrected chi connectivity index (χ2v) is 6.05. The van der Waals surface area contributed by atoms with Crippen molar-refractivity contribution in [2.75, 3.05) is 39.8 Å². The molecule has 2 nitrogen and oxygen atoms in total. The molecule has 0 spiro atoms.